The van der Waals surface area contributed by atoms with Crippen molar-refractivity contribution in [3.63, 3.8) is 0 Å². The number of rotatable bonds is 3. The summed E-state index contributed by atoms with van der Waals surface area (Å²) in [6.07, 6.45) is 0. The number of hydrogen-bond donors (Lipinski definition) is 2. The maximum Gasteiger partial charge on any atom is 0.252 e. The molecule has 0 bridgehead atoms. The Bertz CT molecular complexity index is 432. The number of halogens is 1. The van der Waals surface area contributed by atoms with Gasteiger partial charge in [0.1, 0.15) is 5.75 Å². The minimum absolute atomic E-state index is 0.189. The third kappa shape index (κ3) is 2.27. The summed E-state index contributed by atoms with van der Waals surface area (Å²) >= 11 is 3.12. The largest absolute Gasteiger partial charge is 0.496 e. The molecule has 0 unspecified atom stereocenters. The van der Waals surface area contributed by atoms with Gasteiger partial charge in [-0.15, -0.1) is 0 Å². The van der Waals surface area contributed by atoms with Crippen LogP contribution in [0, 0.1) is 0 Å². The lowest BCUT2D eigenvalue weighted by Crippen LogP contribution is -2.16. The van der Waals surface area contributed by atoms with E-state index in [1.165, 1.54) is 19.2 Å². The molecule has 0 aliphatic rings. The van der Waals surface area contributed by atoms with Crippen molar-refractivity contribution in [2.24, 2.45) is 11.5 Å². The van der Waals surface area contributed by atoms with E-state index in [4.69, 9.17) is 16.2 Å². The second-order valence-corrected chi connectivity index (χ2v) is 3.62. The van der Waals surface area contributed by atoms with Gasteiger partial charge in [0.25, 0.3) is 5.91 Å². The molecular weight excluding hydrogens is 264 g/mol. The highest BCUT2D eigenvalue weighted by molar-refractivity contribution is 9.10. The molecule has 0 radical (unpaired) electrons. The first-order chi connectivity index (χ1) is 6.97. The number of benzene rings is 1. The summed E-state index contributed by atoms with van der Waals surface area (Å²) < 4.78 is 5.33. The van der Waals surface area contributed by atoms with Crippen molar-refractivity contribution in [2.75, 3.05) is 7.11 Å². The van der Waals surface area contributed by atoms with Crippen LogP contribution >= 0.6 is 15.9 Å². The van der Waals surface area contributed by atoms with Crippen molar-refractivity contribution in [3.05, 3.63) is 27.7 Å². The fourth-order valence-electron chi connectivity index (χ4n) is 1.10. The lowest BCUT2D eigenvalue weighted by Gasteiger charge is -2.08. The standard InChI is InChI=1S/C9H9BrN2O3/c1-15-7-3-4(8(11)13)6(10)2-5(7)9(12)14/h2-3H,1H3,(H2,11,13)(H2,12,14). The number of hydrogen-bond acceptors (Lipinski definition) is 3. The number of amides is 2. The predicted molar refractivity (Wildman–Crippen MR) is 57.7 cm³/mol. The topological polar surface area (TPSA) is 95.4 Å². The van der Waals surface area contributed by atoms with Crippen LogP contribution in [0.5, 0.6) is 5.75 Å². The molecule has 6 heteroatoms. The van der Waals surface area contributed by atoms with Crippen LogP contribution in [0.2, 0.25) is 0 Å². The Morgan fingerprint density at radius 2 is 1.73 bits per heavy atom. The van der Waals surface area contributed by atoms with E-state index >= 15 is 0 Å². The first-order valence-electron chi connectivity index (χ1n) is 3.94. The molecule has 0 spiro atoms. The van der Waals surface area contributed by atoms with Gasteiger partial charge in [-0.25, -0.2) is 0 Å². The van der Waals surface area contributed by atoms with Gasteiger partial charge in [-0.2, -0.15) is 0 Å². The molecule has 0 saturated carbocycles. The minimum atomic E-state index is -0.636. The van der Waals surface area contributed by atoms with Crippen molar-refractivity contribution >= 4 is 27.7 Å². The Morgan fingerprint density at radius 3 is 2.13 bits per heavy atom. The summed E-state index contributed by atoms with van der Waals surface area (Å²) in [7, 11) is 1.38. The van der Waals surface area contributed by atoms with Crippen LogP contribution in [-0.2, 0) is 0 Å². The van der Waals surface area contributed by atoms with E-state index in [9.17, 15) is 9.59 Å². The molecule has 0 saturated heterocycles. The van der Waals surface area contributed by atoms with Crippen molar-refractivity contribution in [3.8, 4) is 5.75 Å². The molecule has 1 aromatic rings. The number of nitrogens with two attached hydrogens (primary N) is 2. The zero-order valence-electron chi connectivity index (χ0n) is 7.91. The first kappa shape index (κ1) is 11.5. The fraction of sp³-hybridized carbons (Fsp3) is 0.111. The van der Waals surface area contributed by atoms with Crippen molar-refractivity contribution in [1.29, 1.82) is 0 Å². The number of methoxy groups -OCH3 is 1. The predicted octanol–water partition coefficient (Wildman–Crippen LogP) is 0.656. The van der Waals surface area contributed by atoms with Crippen molar-refractivity contribution < 1.29 is 14.3 Å². The van der Waals surface area contributed by atoms with E-state index in [0.29, 0.717) is 4.47 Å². The third-order valence-electron chi connectivity index (χ3n) is 1.82. The normalized spacial score (nSPS) is 9.73. The highest BCUT2D eigenvalue weighted by Crippen LogP contribution is 2.26. The van der Waals surface area contributed by atoms with E-state index in [1.807, 2.05) is 0 Å². The Morgan fingerprint density at radius 1 is 1.20 bits per heavy atom. The maximum absolute atomic E-state index is 11.0. The summed E-state index contributed by atoms with van der Waals surface area (Å²) in [5.74, 6) is -1.03. The van der Waals surface area contributed by atoms with E-state index in [2.05, 4.69) is 15.9 Å². The molecular formula is C9H9BrN2O3. The van der Waals surface area contributed by atoms with Gasteiger partial charge in [0, 0.05) is 4.47 Å². The molecule has 0 heterocycles. The van der Waals surface area contributed by atoms with E-state index in [-0.39, 0.29) is 16.9 Å². The maximum atomic E-state index is 11.0. The smallest absolute Gasteiger partial charge is 0.252 e. The zero-order chi connectivity index (χ0) is 11.6. The average molecular weight is 273 g/mol. The van der Waals surface area contributed by atoms with Crippen molar-refractivity contribution in [2.45, 2.75) is 0 Å². The van der Waals surface area contributed by atoms with Gasteiger partial charge in [0.05, 0.1) is 18.2 Å². The molecule has 0 atom stereocenters. The molecule has 4 N–H and O–H groups in total. The molecule has 15 heavy (non-hydrogen) atoms. The SMILES string of the molecule is COc1cc(C(N)=O)c(Br)cc1C(N)=O. The molecule has 0 aliphatic carbocycles. The monoisotopic (exact) mass is 272 g/mol. The number of primary amides is 2. The summed E-state index contributed by atoms with van der Waals surface area (Å²) in [4.78, 5) is 22.0. The quantitative estimate of drug-likeness (QED) is 0.846. The van der Waals surface area contributed by atoms with Gasteiger partial charge in [-0.3, -0.25) is 9.59 Å². The second-order valence-electron chi connectivity index (χ2n) is 2.76. The van der Waals surface area contributed by atoms with Crippen LogP contribution in [0.25, 0.3) is 0 Å². The summed E-state index contributed by atoms with van der Waals surface area (Å²) in [6.45, 7) is 0. The molecule has 0 aromatic heterocycles. The van der Waals surface area contributed by atoms with Gasteiger partial charge in [0.15, 0.2) is 0 Å². The van der Waals surface area contributed by atoms with Crippen LogP contribution in [0.15, 0.2) is 16.6 Å². The van der Waals surface area contributed by atoms with Crippen LogP contribution in [0.1, 0.15) is 20.7 Å². The Balaban J connectivity index is 3.42. The third-order valence-corrected chi connectivity index (χ3v) is 2.48. The molecule has 80 valence electrons. The van der Waals surface area contributed by atoms with Crippen LogP contribution in [0.3, 0.4) is 0 Å². The molecule has 0 fully saturated rings. The Labute approximate surface area is 94.5 Å². The lowest BCUT2D eigenvalue weighted by atomic mass is 10.1. The van der Waals surface area contributed by atoms with Crippen LogP contribution in [-0.4, -0.2) is 18.9 Å². The zero-order valence-corrected chi connectivity index (χ0v) is 9.50. The van der Waals surface area contributed by atoms with Crippen LogP contribution < -0.4 is 16.2 Å². The molecule has 5 nitrogen and oxygen atoms in total. The fourth-order valence-corrected chi connectivity index (χ4v) is 1.64. The Kier molecular flexibility index (Phi) is 3.31. The highest BCUT2D eigenvalue weighted by Gasteiger charge is 2.15. The Hall–Kier alpha value is -1.56. The van der Waals surface area contributed by atoms with Gasteiger partial charge in [0.2, 0.25) is 5.91 Å². The average Bonchev–Trinajstić information content (AvgIpc) is 2.16. The first-order valence-corrected chi connectivity index (χ1v) is 4.73. The van der Waals surface area contributed by atoms with E-state index < -0.39 is 11.8 Å². The van der Waals surface area contributed by atoms with Gasteiger partial charge >= 0.3 is 0 Å². The second kappa shape index (κ2) is 4.31. The molecule has 2 amide bonds. The molecule has 0 aliphatic heterocycles. The number of carbonyl (C=O) groups excluding carboxylic acids is 2. The molecule has 1 rings (SSSR count). The van der Waals surface area contributed by atoms with Gasteiger partial charge < -0.3 is 16.2 Å². The molecule has 1 aromatic carbocycles. The van der Waals surface area contributed by atoms with Crippen molar-refractivity contribution in [1.82, 2.24) is 0 Å². The van der Waals surface area contributed by atoms with E-state index in [1.54, 1.807) is 0 Å². The number of carbonyl (C=O) groups is 2. The summed E-state index contributed by atoms with van der Waals surface area (Å²) in [5.41, 5.74) is 10.7. The lowest BCUT2D eigenvalue weighted by molar-refractivity contribution is 0.0985. The summed E-state index contributed by atoms with van der Waals surface area (Å²) in [6, 6.07) is 2.77. The number of ether oxygens (including phenoxy) is 1. The van der Waals surface area contributed by atoms with E-state index in [0.717, 1.165) is 0 Å². The van der Waals surface area contributed by atoms with Crippen LogP contribution in [0.4, 0.5) is 0 Å². The highest BCUT2D eigenvalue weighted by atomic mass is 79.9. The van der Waals surface area contributed by atoms with Gasteiger partial charge in [-0.1, -0.05) is 0 Å². The summed E-state index contributed by atoms with van der Waals surface area (Å²) in [5, 5.41) is 0. The minimum Gasteiger partial charge on any atom is -0.496 e. The van der Waals surface area contributed by atoms with Gasteiger partial charge in [-0.05, 0) is 28.1 Å².